The van der Waals surface area contributed by atoms with Gasteiger partial charge in [0.2, 0.25) is 0 Å². The van der Waals surface area contributed by atoms with Crippen molar-refractivity contribution < 1.29 is 9.39 Å². The van der Waals surface area contributed by atoms with E-state index in [1.165, 1.54) is 5.56 Å². The molecule has 2 aliphatic rings. The highest BCUT2D eigenvalue weighted by Crippen LogP contribution is 2.35. The molecule has 0 amide bonds. The molecule has 1 aromatic rings. The molecule has 118 valence electrons. The summed E-state index contributed by atoms with van der Waals surface area (Å²) in [5.41, 5.74) is 14.5. The van der Waals surface area contributed by atoms with Crippen LogP contribution in [0.1, 0.15) is 11.1 Å². The van der Waals surface area contributed by atoms with Crippen molar-refractivity contribution in [3.05, 3.63) is 35.5 Å². The van der Waals surface area contributed by atoms with E-state index in [0.29, 0.717) is 5.70 Å². The number of likely N-dealkylation sites (tertiary alicyclic amines) is 1. The average molecular weight is 301 g/mol. The number of fused-ring (bicyclic) bond motifs is 1. The van der Waals surface area contributed by atoms with E-state index in [-0.39, 0.29) is 12.1 Å². The van der Waals surface area contributed by atoms with Crippen LogP contribution in [0.25, 0.3) is 0 Å². The highest BCUT2D eigenvalue weighted by atomic mass is 16.5. The number of aryl methyl sites for hydroxylation is 1. The van der Waals surface area contributed by atoms with Crippen LogP contribution in [0.2, 0.25) is 6.32 Å². The molecule has 2 heterocycles. The number of hydrogen-bond donors (Lipinski definition) is 2. The Labute approximate surface area is 132 Å². The zero-order valence-corrected chi connectivity index (χ0v) is 13.2. The Bertz CT molecular complexity index is 573. The molecular weight excluding hydrogens is 277 g/mol. The minimum absolute atomic E-state index is 0.167. The van der Waals surface area contributed by atoms with Gasteiger partial charge < -0.3 is 20.9 Å². The second kappa shape index (κ2) is 6.22. The lowest BCUT2D eigenvalue weighted by Gasteiger charge is -2.40. The minimum Gasteiger partial charge on any atom is -0.564 e. The Morgan fingerprint density at radius 1 is 1.55 bits per heavy atom. The fourth-order valence-corrected chi connectivity index (χ4v) is 3.01. The standard InChI is InChI=1S/C16H24BN3O2/c1-10-15(4-3-12-5-6-17-22-16(10)12)21-13-7-20(8-13)9-14(19)11(2)18/h3-4,13-14,17H,2,5-9,18-19H2,1H3. The molecule has 0 spiro atoms. The number of ether oxygens (including phenoxy) is 1. The molecule has 5 nitrogen and oxygen atoms in total. The third kappa shape index (κ3) is 3.08. The van der Waals surface area contributed by atoms with E-state index in [0.717, 1.165) is 56.9 Å². The van der Waals surface area contributed by atoms with Gasteiger partial charge in [0.05, 0.1) is 6.04 Å². The fraction of sp³-hybridized carbons (Fsp3) is 0.500. The Balaban J connectivity index is 1.56. The maximum absolute atomic E-state index is 6.10. The van der Waals surface area contributed by atoms with Crippen molar-refractivity contribution in [2.24, 2.45) is 11.5 Å². The van der Waals surface area contributed by atoms with Crippen LogP contribution in [0.4, 0.5) is 0 Å². The molecule has 4 N–H and O–H groups in total. The summed E-state index contributed by atoms with van der Waals surface area (Å²) in [5.74, 6) is 1.94. The topological polar surface area (TPSA) is 73.7 Å². The number of rotatable bonds is 5. The number of nitrogens with zero attached hydrogens (tertiary/aromatic N) is 1. The smallest absolute Gasteiger partial charge is 0.340 e. The summed E-state index contributed by atoms with van der Waals surface area (Å²) in [6.45, 7) is 8.24. The molecule has 0 radical (unpaired) electrons. The van der Waals surface area contributed by atoms with E-state index < -0.39 is 0 Å². The summed E-state index contributed by atoms with van der Waals surface area (Å²) in [7, 11) is 0.801. The van der Waals surface area contributed by atoms with E-state index in [4.69, 9.17) is 20.9 Å². The Morgan fingerprint density at radius 2 is 2.32 bits per heavy atom. The van der Waals surface area contributed by atoms with E-state index in [1.807, 2.05) is 0 Å². The molecule has 1 fully saturated rings. The van der Waals surface area contributed by atoms with Gasteiger partial charge in [0.1, 0.15) is 17.6 Å². The van der Waals surface area contributed by atoms with Crippen LogP contribution in [0.15, 0.2) is 24.4 Å². The summed E-state index contributed by atoms with van der Waals surface area (Å²) < 4.78 is 11.9. The molecule has 0 bridgehead atoms. The Kier molecular flexibility index (Phi) is 4.31. The van der Waals surface area contributed by atoms with Gasteiger partial charge in [0, 0.05) is 30.9 Å². The summed E-state index contributed by atoms with van der Waals surface area (Å²) in [6, 6.07) is 4.03. The monoisotopic (exact) mass is 301 g/mol. The van der Waals surface area contributed by atoms with Gasteiger partial charge in [-0.25, -0.2) is 0 Å². The second-order valence-electron chi connectivity index (χ2n) is 6.27. The number of benzene rings is 1. The molecule has 22 heavy (non-hydrogen) atoms. The Hall–Kier alpha value is -1.66. The first kappa shape index (κ1) is 15.2. The van der Waals surface area contributed by atoms with Gasteiger partial charge in [0.25, 0.3) is 0 Å². The molecule has 0 aliphatic carbocycles. The van der Waals surface area contributed by atoms with E-state index >= 15 is 0 Å². The van der Waals surface area contributed by atoms with E-state index in [2.05, 4.69) is 30.5 Å². The molecule has 1 unspecified atom stereocenters. The lowest BCUT2D eigenvalue weighted by Crippen LogP contribution is -2.57. The molecule has 1 saturated heterocycles. The first-order valence-electron chi connectivity index (χ1n) is 7.88. The maximum atomic E-state index is 6.10. The van der Waals surface area contributed by atoms with Crippen LogP contribution in [0.3, 0.4) is 0 Å². The van der Waals surface area contributed by atoms with Gasteiger partial charge in [-0.2, -0.15) is 0 Å². The van der Waals surface area contributed by atoms with Gasteiger partial charge >= 0.3 is 7.48 Å². The highest BCUT2D eigenvalue weighted by molar-refractivity contribution is 6.29. The van der Waals surface area contributed by atoms with Gasteiger partial charge in [-0.3, -0.25) is 4.90 Å². The Morgan fingerprint density at radius 3 is 3.05 bits per heavy atom. The predicted octanol–water partition coefficient (Wildman–Crippen LogP) is 0.562. The first-order valence-corrected chi connectivity index (χ1v) is 7.88. The van der Waals surface area contributed by atoms with Gasteiger partial charge in [0.15, 0.2) is 0 Å². The number of hydrogen-bond acceptors (Lipinski definition) is 5. The van der Waals surface area contributed by atoms with Crippen LogP contribution in [0.5, 0.6) is 11.5 Å². The summed E-state index contributed by atoms with van der Waals surface area (Å²) in [4.78, 5) is 2.23. The molecular formula is C16H24BN3O2. The molecule has 2 aliphatic heterocycles. The van der Waals surface area contributed by atoms with Crippen molar-refractivity contribution in [2.75, 3.05) is 19.6 Å². The van der Waals surface area contributed by atoms with Crippen molar-refractivity contribution in [3.8, 4) is 11.5 Å². The van der Waals surface area contributed by atoms with Crippen LogP contribution in [-0.2, 0) is 6.42 Å². The lowest BCUT2D eigenvalue weighted by atomic mass is 9.85. The molecule has 0 saturated carbocycles. The van der Waals surface area contributed by atoms with Crippen LogP contribution in [-0.4, -0.2) is 44.2 Å². The second-order valence-corrected chi connectivity index (χ2v) is 6.27. The van der Waals surface area contributed by atoms with Gasteiger partial charge in [-0.15, -0.1) is 0 Å². The minimum atomic E-state index is -0.167. The van der Waals surface area contributed by atoms with Crippen molar-refractivity contribution in [2.45, 2.75) is 31.8 Å². The molecule has 1 atom stereocenters. The predicted molar refractivity (Wildman–Crippen MR) is 89.6 cm³/mol. The van der Waals surface area contributed by atoms with Crippen LogP contribution < -0.4 is 20.9 Å². The van der Waals surface area contributed by atoms with Crippen LogP contribution in [0, 0.1) is 6.92 Å². The van der Waals surface area contributed by atoms with Crippen molar-refractivity contribution in [1.82, 2.24) is 4.90 Å². The average Bonchev–Trinajstić information content (AvgIpc) is 2.47. The molecule has 3 rings (SSSR count). The molecule has 6 heteroatoms. The zero-order valence-electron chi connectivity index (χ0n) is 13.2. The first-order chi connectivity index (χ1) is 10.5. The van der Waals surface area contributed by atoms with Gasteiger partial charge in [-0.1, -0.05) is 12.6 Å². The van der Waals surface area contributed by atoms with Gasteiger partial charge in [-0.05, 0) is 31.3 Å². The largest absolute Gasteiger partial charge is 0.564 e. The highest BCUT2D eigenvalue weighted by Gasteiger charge is 2.30. The SMILES string of the molecule is C=C(N)C(N)CN1CC(Oc2ccc3c(c2C)OBCC3)C1. The van der Waals surface area contributed by atoms with Crippen molar-refractivity contribution >= 4 is 7.48 Å². The molecule has 0 aromatic heterocycles. The third-order valence-electron chi connectivity index (χ3n) is 4.42. The lowest BCUT2D eigenvalue weighted by molar-refractivity contribution is 0.0178. The summed E-state index contributed by atoms with van der Waals surface area (Å²) in [5, 5.41) is 0. The maximum Gasteiger partial charge on any atom is 0.340 e. The van der Waals surface area contributed by atoms with E-state index in [1.54, 1.807) is 0 Å². The third-order valence-corrected chi connectivity index (χ3v) is 4.42. The summed E-state index contributed by atoms with van der Waals surface area (Å²) in [6.07, 6.45) is 2.39. The summed E-state index contributed by atoms with van der Waals surface area (Å²) >= 11 is 0. The zero-order chi connectivity index (χ0) is 15.7. The van der Waals surface area contributed by atoms with Crippen molar-refractivity contribution in [1.29, 1.82) is 0 Å². The quantitative estimate of drug-likeness (QED) is 0.778. The normalized spacial score (nSPS) is 19.4. The van der Waals surface area contributed by atoms with Crippen molar-refractivity contribution in [3.63, 3.8) is 0 Å². The van der Waals surface area contributed by atoms with Crippen LogP contribution >= 0.6 is 0 Å². The fourth-order valence-electron chi connectivity index (χ4n) is 3.01. The molecule has 1 aromatic carbocycles. The number of nitrogens with two attached hydrogens (primary N) is 2. The van der Waals surface area contributed by atoms with E-state index in [9.17, 15) is 0 Å².